The van der Waals surface area contributed by atoms with Crippen molar-refractivity contribution in [1.29, 1.82) is 0 Å². The number of benzene rings is 1. The molecule has 2 aliphatic heterocycles. The van der Waals surface area contributed by atoms with E-state index in [4.69, 9.17) is 4.74 Å². The molecule has 1 aliphatic carbocycles. The van der Waals surface area contributed by atoms with Gasteiger partial charge in [0.2, 0.25) is 0 Å². The molecule has 0 spiro atoms. The maximum Gasteiger partial charge on any atom is 0.410 e. The lowest BCUT2D eigenvalue weighted by Crippen LogP contribution is -2.65. The Labute approximate surface area is 260 Å². The molecular weight excluding hydrogens is 557 g/mol. The first-order valence-corrected chi connectivity index (χ1v) is 16.0. The number of amides is 2. The van der Waals surface area contributed by atoms with Gasteiger partial charge in [-0.3, -0.25) is 14.7 Å². The van der Waals surface area contributed by atoms with Crippen LogP contribution in [0.15, 0.2) is 36.8 Å². The molecule has 6 rings (SSSR count). The summed E-state index contributed by atoms with van der Waals surface area (Å²) in [4.78, 5) is 36.8. The van der Waals surface area contributed by atoms with Gasteiger partial charge >= 0.3 is 6.09 Å². The van der Waals surface area contributed by atoms with Gasteiger partial charge in [-0.1, -0.05) is 0 Å². The van der Waals surface area contributed by atoms with Crippen molar-refractivity contribution in [3.05, 3.63) is 59.3 Å². The third kappa shape index (κ3) is 5.71. The van der Waals surface area contributed by atoms with E-state index in [1.807, 2.05) is 56.5 Å². The summed E-state index contributed by atoms with van der Waals surface area (Å²) < 4.78 is 22.1. The number of hydrogen-bond acceptors (Lipinski definition) is 5. The fraction of sp³-hybridized carbons (Fsp3) is 0.571. The van der Waals surface area contributed by atoms with Crippen LogP contribution in [0, 0.1) is 30.5 Å². The molecule has 236 valence electrons. The number of carbonyl (C=O) groups excluding carboxylic acids is 2. The van der Waals surface area contributed by atoms with E-state index in [2.05, 4.69) is 23.0 Å². The monoisotopic (exact) mass is 603 g/mol. The molecule has 3 atom stereocenters. The minimum Gasteiger partial charge on any atom is -0.444 e. The van der Waals surface area contributed by atoms with Gasteiger partial charge in [0.1, 0.15) is 11.4 Å². The Hall–Kier alpha value is -3.46. The van der Waals surface area contributed by atoms with Gasteiger partial charge in [-0.25, -0.2) is 9.18 Å². The van der Waals surface area contributed by atoms with Crippen LogP contribution >= 0.6 is 0 Å². The van der Waals surface area contributed by atoms with E-state index in [1.165, 1.54) is 24.1 Å². The van der Waals surface area contributed by atoms with E-state index in [0.29, 0.717) is 35.0 Å². The predicted molar refractivity (Wildman–Crippen MR) is 170 cm³/mol. The molecule has 2 aromatic heterocycles. The average molecular weight is 604 g/mol. The van der Waals surface area contributed by atoms with E-state index in [9.17, 15) is 14.0 Å². The fourth-order valence-electron chi connectivity index (χ4n) is 7.65. The molecular formula is C35H46FN5O3. The number of carbonyl (C=O) groups is 2. The van der Waals surface area contributed by atoms with Crippen LogP contribution in [0.5, 0.6) is 0 Å². The summed E-state index contributed by atoms with van der Waals surface area (Å²) in [5.41, 5.74) is 3.79. The van der Waals surface area contributed by atoms with Gasteiger partial charge in [0.05, 0.1) is 23.0 Å². The molecule has 2 bridgehead atoms. The highest BCUT2D eigenvalue weighted by Gasteiger charge is 2.51. The van der Waals surface area contributed by atoms with Crippen molar-refractivity contribution in [3.8, 4) is 5.69 Å². The van der Waals surface area contributed by atoms with Crippen molar-refractivity contribution >= 4 is 22.9 Å². The van der Waals surface area contributed by atoms with Gasteiger partial charge in [0.15, 0.2) is 0 Å². The number of halogens is 1. The lowest BCUT2D eigenvalue weighted by molar-refractivity contribution is -0.0735. The predicted octanol–water partition coefficient (Wildman–Crippen LogP) is 6.07. The van der Waals surface area contributed by atoms with Crippen LogP contribution in [-0.2, 0) is 11.2 Å². The Morgan fingerprint density at radius 3 is 2.55 bits per heavy atom. The highest BCUT2D eigenvalue weighted by Crippen LogP contribution is 2.45. The highest BCUT2D eigenvalue weighted by atomic mass is 19.1. The standard InChI is InChI=1S/C35H46FN5O3/c1-21(2)38(7)33(42)28-14-27(36)8-9-29(28)41-20-24(31-22(3)15-37-16-30(31)41)12-23-10-11-39(17-23)32-25-13-26(32)19-40(18-25)34(43)44-35(4,5)6/h8-9,14-16,20-21,23,25-26,32H,10-13,17-19H2,1-7H3/t23-,25?,26?,32?/m1/s1. The molecule has 0 N–H and O–H groups in total. The molecule has 44 heavy (non-hydrogen) atoms. The molecule has 0 radical (unpaired) electrons. The number of nitrogens with zero attached hydrogens (tertiary/aromatic N) is 5. The summed E-state index contributed by atoms with van der Waals surface area (Å²) >= 11 is 0. The number of ether oxygens (including phenoxy) is 1. The summed E-state index contributed by atoms with van der Waals surface area (Å²) in [6, 6.07) is 5.00. The Balaban J connectivity index is 1.21. The van der Waals surface area contributed by atoms with Crippen LogP contribution in [0.1, 0.15) is 68.9 Å². The maximum absolute atomic E-state index is 14.5. The Morgan fingerprint density at radius 2 is 1.86 bits per heavy atom. The summed E-state index contributed by atoms with van der Waals surface area (Å²) in [6.07, 6.45) is 8.94. The smallest absolute Gasteiger partial charge is 0.410 e. The second-order valence-electron chi connectivity index (χ2n) is 14.5. The number of rotatable bonds is 6. The van der Waals surface area contributed by atoms with Crippen LogP contribution in [-0.4, -0.2) is 87.2 Å². The average Bonchev–Trinajstić information content (AvgIpc) is 3.56. The first kappa shape index (κ1) is 30.6. The highest BCUT2D eigenvalue weighted by molar-refractivity contribution is 5.99. The van der Waals surface area contributed by atoms with E-state index in [1.54, 1.807) is 18.0 Å². The second kappa shape index (κ2) is 11.5. The third-order valence-corrected chi connectivity index (χ3v) is 9.91. The Bertz CT molecular complexity index is 1560. The molecule has 3 fully saturated rings. The van der Waals surface area contributed by atoms with Crippen molar-refractivity contribution in [2.75, 3.05) is 33.2 Å². The Morgan fingerprint density at radius 1 is 1.14 bits per heavy atom. The van der Waals surface area contributed by atoms with Gasteiger partial charge in [0.25, 0.3) is 5.91 Å². The number of likely N-dealkylation sites (tertiary alicyclic amines) is 2. The van der Waals surface area contributed by atoms with E-state index in [-0.39, 0.29) is 18.0 Å². The Kier molecular flexibility index (Phi) is 7.97. The number of fused-ring (bicyclic) bond motifs is 3. The first-order chi connectivity index (χ1) is 20.8. The second-order valence-corrected chi connectivity index (χ2v) is 14.5. The van der Waals surface area contributed by atoms with E-state index >= 15 is 0 Å². The molecule has 3 aromatic rings. The molecule has 2 unspecified atom stereocenters. The summed E-state index contributed by atoms with van der Waals surface area (Å²) in [6.45, 7) is 15.4. The van der Waals surface area contributed by atoms with Crippen molar-refractivity contribution in [3.63, 3.8) is 0 Å². The van der Waals surface area contributed by atoms with Crippen molar-refractivity contribution < 1.29 is 18.7 Å². The van der Waals surface area contributed by atoms with Gasteiger partial charge in [0, 0.05) is 56.5 Å². The molecule has 4 heterocycles. The van der Waals surface area contributed by atoms with Gasteiger partial charge < -0.3 is 19.1 Å². The van der Waals surface area contributed by atoms with Crippen LogP contribution in [0.3, 0.4) is 0 Å². The molecule has 8 nitrogen and oxygen atoms in total. The van der Waals surface area contributed by atoms with Crippen LogP contribution in [0.2, 0.25) is 0 Å². The fourth-order valence-corrected chi connectivity index (χ4v) is 7.65. The molecule has 2 amide bonds. The van der Waals surface area contributed by atoms with Crippen molar-refractivity contribution in [1.82, 2.24) is 24.3 Å². The lowest BCUT2D eigenvalue weighted by Gasteiger charge is -2.56. The topological polar surface area (TPSA) is 70.9 Å². The normalized spacial score (nSPS) is 23.7. The molecule has 1 saturated carbocycles. The van der Waals surface area contributed by atoms with Gasteiger partial charge in [-0.05, 0) is 114 Å². The summed E-state index contributed by atoms with van der Waals surface area (Å²) in [5.74, 6) is 0.885. The SMILES string of the molecule is Cc1cncc2c1c(C[C@H]1CCN(C3C4CC3CN(C(=O)OC(C)(C)C)C4)C1)cn2-c1ccc(F)cc1C(=O)N(C)C(C)C. The summed E-state index contributed by atoms with van der Waals surface area (Å²) in [5, 5.41) is 1.16. The zero-order valence-corrected chi connectivity index (χ0v) is 27.1. The number of pyridine rings is 1. The number of hydrogen-bond donors (Lipinski definition) is 0. The van der Waals surface area contributed by atoms with Crippen molar-refractivity contribution in [2.24, 2.45) is 17.8 Å². The number of aryl methyl sites for hydroxylation is 1. The van der Waals surface area contributed by atoms with Gasteiger partial charge in [-0.2, -0.15) is 0 Å². The first-order valence-electron chi connectivity index (χ1n) is 16.0. The molecule has 1 aromatic carbocycles. The minimum atomic E-state index is -0.476. The molecule has 3 aliphatic rings. The third-order valence-electron chi connectivity index (χ3n) is 9.91. The van der Waals surface area contributed by atoms with E-state index in [0.717, 1.165) is 55.5 Å². The summed E-state index contributed by atoms with van der Waals surface area (Å²) in [7, 11) is 1.75. The lowest BCUT2D eigenvalue weighted by atomic mass is 9.65. The van der Waals surface area contributed by atoms with Crippen molar-refractivity contribution in [2.45, 2.75) is 78.5 Å². The quantitative estimate of drug-likeness (QED) is 0.342. The van der Waals surface area contributed by atoms with Gasteiger partial charge in [-0.15, -0.1) is 0 Å². The van der Waals surface area contributed by atoms with Crippen LogP contribution in [0.25, 0.3) is 16.6 Å². The molecule has 2 saturated heterocycles. The van der Waals surface area contributed by atoms with E-state index < -0.39 is 11.4 Å². The number of piperidine rings is 2. The zero-order chi connectivity index (χ0) is 31.5. The minimum absolute atomic E-state index is 0.0135. The number of aromatic nitrogens is 2. The molecule has 9 heteroatoms. The van der Waals surface area contributed by atoms with Crippen LogP contribution < -0.4 is 0 Å². The zero-order valence-electron chi connectivity index (χ0n) is 27.1. The maximum atomic E-state index is 14.5. The van der Waals surface area contributed by atoms with Crippen LogP contribution in [0.4, 0.5) is 9.18 Å². The largest absolute Gasteiger partial charge is 0.444 e.